The number of anilines is 1. The first-order valence-corrected chi connectivity index (χ1v) is 10.6. The predicted molar refractivity (Wildman–Crippen MR) is 124 cm³/mol. The molecule has 5 rings (SSSR count). The molecule has 11 heteroatoms. The number of carbonyl (C=O) groups excluding carboxylic acids is 1. The number of benzene rings is 2. The van der Waals surface area contributed by atoms with E-state index in [2.05, 4.69) is 25.5 Å². The second-order valence-corrected chi connectivity index (χ2v) is 7.76. The van der Waals surface area contributed by atoms with E-state index in [1.165, 1.54) is 10.6 Å². The van der Waals surface area contributed by atoms with Crippen LogP contribution in [0.15, 0.2) is 70.0 Å². The Hall–Kier alpha value is -4.44. The molecule has 0 aliphatic carbocycles. The third-order valence-electron chi connectivity index (χ3n) is 4.87. The van der Waals surface area contributed by atoms with Gasteiger partial charge >= 0.3 is 0 Å². The molecule has 3 heterocycles. The number of rotatable bonds is 6. The molecule has 0 saturated heterocycles. The summed E-state index contributed by atoms with van der Waals surface area (Å²) in [6, 6.07) is 17.1. The molecule has 0 saturated carbocycles. The average Bonchev–Trinajstić information content (AvgIpc) is 3.44. The molecule has 2 N–H and O–H groups in total. The number of hydrogen-bond donors (Lipinski definition) is 2. The Kier molecular flexibility index (Phi) is 5.56. The molecule has 0 unspecified atom stereocenters. The predicted octanol–water partition coefficient (Wildman–Crippen LogP) is 3.87. The van der Waals surface area contributed by atoms with Crippen LogP contribution in [-0.4, -0.2) is 30.6 Å². The number of fused-ring (bicyclic) bond motifs is 1. The molecular formula is C23H17ClN6O4. The molecule has 0 aliphatic rings. The van der Waals surface area contributed by atoms with Gasteiger partial charge in [0.25, 0.3) is 11.5 Å². The summed E-state index contributed by atoms with van der Waals surface area (Å²) >= 11 is 6.28. The van der Waals surface area contributed by atoms with E-state index in [4.69, 9.17) is 20.9 Å². The Labute approximate surface area is 197 Å². The molecule has 0 radical (unpaired) electrons. The van der Waals surface area contributed by atoms with Crippen molar-refractivity contribution in [3.05, 3.63) is 93.1 Å². The number of nitrogens with zero attached hydrogens (tertiary/aromatic N) is 4. The van der Waals surface area contributed by atoms with Crippen molar-refractivity contribution in [3.8, 4) is 17.1 Å². The van der Waals surface area contributed by atoms with Crippen LogP contribution in [-0.2, 0) is 6.61 Å². The number of carbonyl (C=O) groups is 1. The van der Waals surface area contributed by atoms with Gasteiger partial charge in [0.05, 0.1) is 10.7 Å². The highest BCUT2D eigenvalue weighted by Gasteiger charge is 2.19. The summed E-state index contributed by atoms with van der Waals surface area (Å²) < 4.78 is 12.0. The van der Waals surface area contributed by atoms with Gasteiger partial charge in [-0.1, -0.05) is 53.2 Å². The Morgan fingerprint density at radius 3 is 2.76 bits per heavy atom. The van der Waals surface area contributed by atoms with E-state index in [0.717, 1.165) is 5.56 Å². The van der Waals surface area contributed by atoms with Crippen molar-refractivity contribution in [1.82, 2.24) is 24.7 Å². The molecule has 0 aliphatic heterocycles. The first-order chi connectivity index (χ1) is 16.5. The van der Waals surface area contributed by atoms with Crippen molar-refractivity contribution >= 4 is 29.1 Å². The molecule has 2 aromatic carbocycles. The second kappa shape index (κ2) is 8.83. The van der Waals surface area contributed by atoms with Crippen molar-refractivity contribution < 1.29 is 14.1 Å². The van der Waals surface area contributed by atoms with Gasteiger partial charge < -0.3 is 19.6 Å². The number of aromatic nitrogens is 5. The fraction of sp³-hybridized carbons (Fsp3) is 0.0870. The quantitative estimate of drug-likeness (QED) is 0.380. The van der Waals surface area contributed by atoms with E-state index in [1.54, 1.807) is 31.2 Å². The van der Waals surface area contributed by atoms with Gasteiger partial charge in [-0.2, -0.15) is 9.50 Å². The van der Waals surface area contributed by atoms with E-state index in [0.29, 0.717) is 17.3 Å². The zero-order valence-corrected chi connectivity index (χ0v) is 18.5. The Morgan fingerprint density at radius 1 is 1.18 bits per heavy atom. The van der Waals surface area contributed by atoms with Gasteiger partial charge in [-0.05, 0) is 19.1 Å². The zero-order valence-electron chi connectivity index (χ0n) is 17.8. The summed E-state index contributed by atoms with van der Waals surface area (Å²) in [6.45, 7) is 1.67. The molecule has 170 valence electrons. The summed E-state index contributed by atoms with van der Waals surface area (Å²) in [5.74, 6) is 1.22. The summed E-state index contributed by atoms with van der Waals surface area (Å²) in [6.07, 6.45) is 0. The van der Waals surface area contributed by atoms with Crippen molar-refractivity contribution in [2.45, 2.75) is 13.5 Å². The molecular weight excluding hydrogens is 460 g/mol. The minimum absolute atomic E-state index is 0.0387. The maximum absolute atomic E-state index is 12.8. The van der Waals surface area contributed by atoms with Crippen LogP contribution in [0.25, 0.3) is 17.2 Å². The number of aromatic amines is 1. The maximum atomic E-state index is 12.8. The molecule has 10 nitrogen and oxygen atoms in total. The summed E-state index contributed by atoms with van der Waals surface area (Å²) in [7, 11) is 0. The van der Waals surface area contributed by atoms with E-state index < -0.39 is 5.91 Å². The zero-order chi connectivity index (χ0) is 23.7. The van der Waals surface area contributed by atoms with Crippen LogP contribution in [0.2, 0.25) is 5.02 Å². The third-order valence-corrected chi connectivity index (χ3v) is 5.19. The van der Waals surface area contributed by atoms with Crippen molar-refractivity contribution in [1.29, 1.82) is 0 Å². The van der Waals surface area contributed by atoms with Crippen molar-refractivity contribution in [2.24, 2.45) is 0 Å². The third kappa shape index (κ3) is 4.26. The minimum Gasteiger partial charge on any atom is -0.486 e. The summed E-state index contributed by atoms with van der Waals surface area (Å²) in [5, 5.41) is 10.8. The number of aryl methyl sites for hydroxylation is 1. The Bertz CT molecular complexity index is 1560. The van der Waals surface area contributed by atoms with Gasteiger partial charge in [-0.3, -0.25) is 9.59 Å². The molecule has 1 amide bonds. The lowest BCUT2D eigenvalue weighted by Gasteiger charge is -2.12. The number of H-pyrrole nitrogens is 1. The lowest BCUT2D eigenvalue weighted by atomic mass is 10.2. The van der Waals surface area contributed by atoms with Crippen LogP contribution in [0, 0.1) is 6.92 Å². The van der Waals surface area contributed by atoms with Crippen LogP contribution in [0.1, 0.15) is 21.8 Å². The minimum atomic E-state index is -0.511. The lowest BCUT2D eigenvalue weighted by molar-refractivity contribution is 0.102. The number of amides is 1. The van der Waals surface area contributed by atoms with Gasteiger partial charge in [0.1, 0.15) is 23.7 Å². The maximum Gasteiger partial charge on any atom is 0.276 e. The summed E-state index contributed by atoms with van der Waals surface area (Å²) in [4.78, 5) is 32.8. The summed E-state index contributed by atoms with van der Waals surface area (Å²) in [5.41, 5.74) is 0.992. The Balaban J connectivity index is 1.40. The lowest BCUT2D eigenvalue weighted by Crippen LogP contribution is -2.17. The van der Waals surface area contributed by atoms with E-state index in [-0.39, 0.29) is 40.1 Å². The topological polar surface area (TPSA) is 127 Å². The molecule has 5 aromatic rings. The van der Waals surface area contributed by atoms with E-state index >= 15 is 0 Å². The monoisotopic (exact) mass is 476 g/mol. The van der Waals surface area contributed by atoms with Gasteiger partial charge in [0.2, 0.25) is 5.78 Å². The fourth-order valence-electron chi connectivity index (χ4n) is 3.33. The van der Waals surface area contributed by atoms with Crippen LogP contribution in [0.5, 0.6) is 5.75 Å². The first-order valence-electron chi connectivity index (χ1n) is 10.2. The normalized spacial score (nSPS) is 11.0. The molecule has 0 bridgehead atoms. The SMILES string of the molecule is Cc1cc(NC(=O)c2c(Cl)cccc2OCc2cc(=O)n3nc(-c4ccccc4)nc3[nH]2)no1. The number of hydrogen-bond acceptors (Lipinski definition) is 7. The van der Waals surface area contributed by atoms with E-state index in [1.807, 2.05) is 30.3 Å². The first kappa shape index (κ1) is 21.4. The largest absolute Gasteiger partial charge is 0.486 e. The van der Waals surface area contributed by atoms with E-state index in [9.17, 15) is 9.59 Å². The molecule has 0 fully saturated rings. The highest BCUT2D eigenvalue weighted by atomic mass is 35.5. The fourth-order valence-corrected chi connectivity index (χ4v) is 3.58. The van der Waals surface area contributed by atoms with Crippen molar-refractivity contribution in [2.75, 3.05) is 5.32 Å². The molecule has 3 aromatic heterocycles. The Morgan fingerprint density at radius 2 is 2.00 bits per heavy atom. The molecule has 0 spiro atoms. The highest BCUT2D eigenvalue weighted by Crippen LogP contribution is 2.28. The van der Waals surface area contributed by atoms with Gasteiger partial charge in [-0.15, -0.1) is 5.10 Å². The van der Waals surface area contributed by atoms with Gasteiger partial charge in [0.15, 0.2) is 11.6 Å². The van der Waals surface area contributed by atoms with Crippen LogP contribution >= 0.6 is 11.6 Å². The van der Waals surface area contributed by atoms with Crippen LogP contribution < -0.4 is 15.6 Å². The number of halogens is 1. The second-order valence-electron chi connectivity index (χ2n) is 7.35. The number of ether oxygens (including phenoxy) is 1. The molecule has 0 atom stereocenters. The smallest absolute Gasteiger partial charge is 0.276 e. The van der Waals surface area contributed by atoms with Crippen LogP contribution in [0.4, 0.5) is 5.82 Å². The van der Waals surface area contributed by atoms with Gasteiger partial charge in [0, 0.05) is 17.7 Å². The standard InChI is InChI=1S/C23H17ClN6O4/c1-13-10-18(29-34-13)26-22(32)20-16(24)8-5-9-17(20)33-12-15-11-19(31)30-23(25-15)27-21(28-30)14-6-3-2-4-7-14/h2-11H,12H2,1H3,(H,25,27,28)(H,26,29,32). The van der Waals surface area contributed by atoms with Gasteiger partial charge in [-0.25, -0.2) is 0 Å². The van der Waals surface area contributed by atoms with Crippen molar-refractivity contribution in [3.63, 3.8) is 0 Å². The van der Waals surface area contributed by atoms with Crippen LogP contribution in [0.3, 0.4) is 0 Å². The number of nitrogens with one attached hydrogen (secondary N) is 2. The highest BCUT2D eigenvalue weighted by molar-refractivity contribution is 6.34. The average molecular weight is 477 g/mol. The molecule has 34 heavy (non-hydrogen) atoms.